The van der Waals surface area contributed by atoms with Crippen molar-refractivity contribution in [3.8, 4) is 11.5 Å². The van der Waals surface area contributed by atoms with E-state index in [-0.39, 0.29) is 11.5 Å². The highest BCUT2D eigenvalue weighted by Gasteiger charge is 2.33. The molecule has 0 bridgehead atoms. The topological polar surface area (TPSA) is 64.7 Å². The Bertz CT molecular complexity index is 1120. The third-order valence-corrected chi connectivity index (χ3v) is 4.29. The second-order valence-electron chi connectivity index (χ2n) is 6.66. The highest BCUT2D eigenvalue weighted by Crippen LogP contribution is 2.37. The Balaban J connectivity index is 1.87. The number of ether oxygens (including phenoxy) is 1. The van der Waals surface area contributed by atoms with Gasteiger partial charge in [-0.3, -0.25) is 15.1 Å². The van der Waals surface area contributed by atoms with Gasteiger partial charge in [-0.2, -0.15) is 13.2 Å². The van der Waals surface area contributed by atoms with Gasteiger partial charge in [0, 0.05) is 12.3 Å². The van der Waals surface area contributed by atoms with Gasteiger partial charge < -0.3 is 4.74 Å². The van der Waals surface area contributed by atoms with Crippen LogP contribution in [0.5, 0.6) is 11.5 Å². The predicted molar refractivity (Wildman–Crippen MR) is 108 cm³/mol. The average Bonchev–Trinajstić information content (AvgIpc) is 2.68. The quantitative estimate of drug-likeness (QED) is 0.263. The Kier molecular flexibility index (Phi) is 5.86. The molecule has 0 saturated carbocycles. The molecule has 0 aliphatic heterocycles. The summed E-state index contributed by atoms with van der Waals surface area (Å²) in [5.41, 5.74) is 1.67. The third kappa shape index (κ3) is 5.02. The maximum absolute atomic E-state index is 12.8. The fourth-order valence-electron chi connectivity index (χ4n) is 2.71. The number of aryl methyl sites for hydroxylation is 2. The van der Waals surface area contributed by atoms with Crippen molar-refractivity contribution in [1.82, 2.24) is 0 Å². The number of nitro benzene ring substituents is 1. The van der Waals surface area contributed by atoms with Gasteiger partial charge in [-0.25, -0.2) is 0 Å². The molecule has 0 radical (unpaired) electrons. The normalized spacial score (nSPS) is 11.6. The van der Waals surface area contributed by atoms with E-state index < -0.39 is 22.4 Å². The minimum Gasteiger partial charge on any atom is -0.450 e. The minimum atomic E-state index is -4.69. The van der Waals surface area contributed by atoms with Crippen molar-refractivity contribution < 1.29 is 22.8 Å². The summed E-state index contributed by atoms with van der Waals surface area (Å²) in [4.78, 5) is 14.8. The first-order valence-electron chi connectivity index (χ1n) is 8.88. The standard InChI is InChI=1S/C22H17F3N2O3/c1-14-6-7-15(2)19(10-14)26-13-16-4-3-5-18(11-16)30-21-9-8-17(22(23,24)25)12-20(21)27(28)29/h3-13H,1-2H3. The highest BCUT2D eigenvalue weighted by molar-refractivity contribution is 5.83. The van der Waals surface area contributed by atoms with Crippen LogP contribution in [0.2, 0.25) is 0 Å². The van der Waals surface area contributed by atoms with E-state index in [0.717, 1.165) is 28.9 Å². The lowest BCUT2D eigenvalue weighted by atomic mass is 10.1. The number of alkyl halides is 3. The fourth-order valence-corrected chi connectivity index (χ4v) is 2.71. The van der Waals surface area contributed by atoms with Gasteiger partial charge in [0.05, 0.1) is 16.2 Å². The summed E-state index contributed by atoms with van der Waals surface area (Å²) >= 11 is 0. The van der Waals surface area contributed by atoms with Crippen molar-refractivity contribution >= 4 is 17.6 Å². The lowest BCUT2D eigenvalue weighted by molar-refractivity contribution is -0.385. The van der Waals surface area contributed by atoms with Gasteiger partial charge in [0.2, 0.25) is 5.75 Å². The molecule has 0 fully saturated rings. The summed E-state index contributed by atoms with van der Waals surface area (Å²) in [6, 6.07) is 14.6. The molecule has 0 aliphatic rings. The van der Waals surface area contributed by atoms with Crippen molar-refractivity contribution in [2.24, 2.45) is 4.99 Å². The molecule has 0 unspecified atom stereocenters. The van der Waals surface area contributed by atoms with Gasteiger partial charge in [0.25, 0.3) is 0 Å². The van der Waals surface area contributed by atoms with Gasteiger partial charge in [-0.1, -0.05) is 24.3 Å². The van der Waals surface area contributed by atoms with Crippen LogP contribution in [0.3, 0.4) is 0 Å². The van der Waals surface area contributed by atoms with Crippen molar-refractivity contribution in [1.29, 1.82) is 0 Å². The zero-order valence-corrected chi connectivity index (χ0v) is 16.1. The molecule has 5 nitrogen and oxygen atoms in total. The summed E-state index contributed by atoms with van der Waals surface area (Å²) in [7, 11) is 0. The Hall–Kier alpha value is -3.68. The summed E-state index contributed by atoms with van der Waals surface area (Å²) in [5.74, 6) is -0.0422. The lowest BCUT2D eigenvalue weighted by Crippen LogP contribution is -2.06. The van der Waals surface area contributed by atoms with E-state index in [1.165, 1.54) is 0 Å². The largest absolute Gasteiger partial charge is 0.450 e. The van der Waals surface area contributed by atoms with Crippen LogP contribution in [-0.2, 0) is 6.18 Å². The van der Waals surface area contributed by atoms with Crippen molar-refractivity contribution in [3.05, 3.63) is 93.0 Å². The summed E-state index contributed by atoms with van der Waals surface area (Å²) < 4.78 is 44.0. The van der Waals surface area contributed by atoms with Gasteiger partial charge in [-0.05, 0) is 60.9 Å². The molecule has 3 aromatic rings. The molecule has 8 heteroatoms. The van der Waals surface area contributed by atoms with Crippen LogP contribution in [0.4, 0.5) is 24.5 Å². The van der Waals surface area contributed by atoms with E-state index in [1.807, 2.05) is 32.0 Å². The SMILES string of the molecule is Cc1ccc(C)c(N=Cc2cccc(Oc3ccc(C(F)(F)F)cc3[N+](=O)[O-])c2)c1. The van der Waals surface area contributed by atoms with Crippen LogP contribution in [0, 0.1) is 24.0 Å². The molecular formula is C22H17F3N2O3. The highest BCUT2D eigenvalue weighted by atomic mass is 19.4. The summed E-state index contributed by atoms with van der Waals surface area (Å²) in [6.45, 7) is 3.90. The second kappa shape index (κ2) is 8.36. The van der Waals surface area contributed by atoms with Crippen LogP contribution in [-0.4, -0.2) is 11.1 Å². The van der Waals surface area contributed by atoms with E-state index in [4.69, 9.17) is 4.74 Å². The van der Waals surface area contributed by atoms with Crippen molar-refractivity contribution in [2.45, 2.75) is 20.0 Å². The molecule has 154 valence electrons. The number of nitrogens with zero attached hydrogens (tertiary/aromatic N) is 2. The molecule has 0 saturated heterocycles. The number of benzene rings is 3. The number of rotatable bonds is 5. The molecule has 3 aromatic carbocycles. The Labute approximate surface area is 170 Å². The van der Waals surface area contributed by atoms with E-state index in [0.29, 0.717) is 11.6 Å². The number of hydrogen-bond donors (Lipinski definition) is 0. The first-order valence-corrected chi connectivity index (χ1v) is 8.88. The zero-order chi connectivity index (χ0) is 21.9. The lowest BCUT2D eigenvalue weighted by Gasteiger charge is -2.10. The maximum atomic E-state index is 12.8. The van der Waals surface area contributed by atoms with E-state index >= 15 is 0 Å². The summed E-state index contributed by atoms with van der Waals surface area (Å²) in [5, 5.41) is 11.2. The van der Waals surface area contributed by atoms with Gasteiger partial charge in [-0.15, -0.1) is 0 Å². The van der Waals surface area contributed by atoms with Crippen LogP contribution < -0.4 is 4.74 Å². The van der Waals surface area contributed by atoms with Crippen LogP contribution in [0.1, 0.15) is 22.3 Å². The second-order valence-corrected chi connectivity index (χ2v) is 6.66. The molecule has 30 heavy (non-hydrogen) atoms. The third-order valence-electron chi connectivity index (χ3n) is 4.29. The average molecular weight is 414 g/mol. The van der Waals surface area contributed by atoms with E-state index in [1.54, 1.807) is 30.5 Å². The molecule has 0 aromatic heterocycles. The van der Waals surface area contributed by atoms with Crippen LogP contribution in [0.15, 0.2) is 65.7 Å². The maximum Gasteiger partial charge on any atom is 0.416 e. The Morgan fingerprint density at radius 2 is 1.80 bits per heavy atom. The monoisotopic (exact) mass is 414 g/mol. The molecule has 0 spiro atoms. The molecule has 0 heterocycles. The molecule has 0 aliphatic carbocycles. The first-order chi connectivity index (χ1) is 14.1. The molecular weight excluding hydrogens is 397 g/mol. The number of nitro groups is 1. The smallest absolute Gasteiger partial charge is 0.416 e. The molecule has 3 rings (SSSR count). The molecule has 0 N–H and O–H groups in total. The predicted octanol–water partition coefficient (Wildman–Crippen LogP) is 6.77. The Morgan fingerprint density at radius 1 is 1.03 bits per heavy atom. The minimum absolute atomic E-state index is 0.239. The molecule has 0 atom stereocenters. The van der Waals surface area contributed by atoms with Crippen molar-refractivity contribution in [2.75, 3.05) is 0 Å². The van der Waals surface area contributed by atoms with E-state index in [9.17, 15) is 23.3 Å². The van der Waals surface area contributed by atoms with Crippen LogP contribution in [0.25, 0.3) is 0 Å². The fraction of sp³-hybridized carbons (Fsp3) is 0.136. The van der Waals surface area contributed by atoms with E-state index in [2.05, 4.69) is 4.99 Å². The number of hydrogen-bond acceptors (Lipinski definition) is 4. The zero-order valence-electron chi connectivity index (χ0n) is 16.1. The van der Waals surface area contributed by atoms with Crippen LogP contribution >= 0.6 is 0 Å². The van der Waals surface area contributed by atoms with Gasteiger partial charge >= 0.3 is 11.9 Å². The number of aliphatic imine (C=N–C) groups is 1. The Morgan fingerprint density at radius 3 is 2.50 bits per heavy atom. The van der Waals surface area contributed by atoms with Crippen molar-refractivity contribution in [3.63, 3.8) is 0 Å². The summed E-state index contributed by atoms with van der Waals surface area (Å²) in [6.07, 6.45) is -3.07. The number of halogens is 3. The van der Waals surface area contributed by atoms with Gasteiger partial charge in [0.1, 0.15) is 5.75 Å². The molecule has 0 amide bonds. The van der Waals surface area contributed by atoms with Gasteiger partial charge in [0.15, 0.2) is 0 Å². The first kappa shape index (κ1) is 21.0.